The minimum Gasteiger partial charge on any atom is -0.487 e. The summed E-state index contributed by atoms with van der Waals surface area (Å²) in [5, 5.41) is 0.678. The summed E-state index contributed by atoms with van der Waals surface area (Å²) >= 11 is 10.8. The Kier molecular flexibility index (Phi) is 4.12. The first-order chi connectivity index (χ1) is 8.66. The highest BCUT2D eigenvalue weighted by atomic mass is 35.5. The second-order valence-electron chi connectivity index (χ2n) is 3.63. The fourth-order valence-electron chi connectivity index (χ4n) is 1.48. The minimum absolute atomic E-state index is 0.219. The first-order valence-electron chi connectivity index (χ1n) is 5.29. The van der Waals surface area contributed by atoms with Gasteiger partial charge in [-0.3, -0.25) is 0 Å². The van der Waals surface area contributed by atoms with Crippen LogP contribution in [-0.4, -0.2) is 9.97 Å². The van der Waals surface area contributed by atoms with Crippen molar-refractivity contribution in [3.63, 3.8) is 0 Å². The Hall–Kier alpha value is -1.65. The fraction of sp³-hybridized carbons (Fsp3) is 0.0769. The van der Waals surface area contributed by atoms with Gasteiger partial charge in [0.2, 0.25) is 0 Å². The lowest BCUT2D eigenvalue weighted by molar-refractivity contribution is 0.304. The molecule has 0 fully saturated rings. The van der Waals surface area contributed by atoms with Gasteiger partial charge in [0.15, 0.2) is 0 Å². The molecule has 2 N–H and O–H groups in total. The normalized spacial score (nSPS) is 10.1. The lowest BCUT2D eigenvalue weighted by Gasteiger charge is -2.09. The van der Waals surface area contributed by atoms with Crippen LogP contribution in [0.2, 0.25) is 5.02 Å². The van der Waals surface area contributed by atoms with Gasteiger partial charge in [-0.2, -0.15) is 0 Å². The summed E-state index contributed by atoms with van der Waals surface area (Å²) in [5.41, 5.74) is 7.04. The Bertz CT molecular complexity index is 574. The molecule has 92 valence electrons. The Labute approximate surface area is 116 Å². The average Bonchev–Trinajstić information content (AvgIpc) is 2.37. The molecule has 0 bridgehead atoms. The van der Waals surface area contributed by atoms with Crippen molar-refractivity contribution in [2.24, 2.45) is 5.73 Å². The van der Waals surface area contributed by atoms with Crippen molar-refractivity contribution in [2.45, 2.75) is 6.61 Å². The molecule has 1 aromatic heterocycles. The maximum Gasteiger partial charge on any atom is 0.148 e. The number of hydrogen-bond donors (Lipinski definition) is 1. The molecule has 0 amide bonds. The van der Waals surface area contributed by atoms with Crippen LogP contribution in [0.4, 0.5) is 0 Å². The van der Waals surface area contributed by atoms with Crippen molar-refractivity contribution < 1.29 is 4.74 Å². The van der Waals surface area contributed by atoms with Crippen molar-refractivity contribution in [3.8, 4) is 5.75 Å². The van der Waals surface area contributed by atoms with Gasteiger partial charge in [-0.25, -0.2) is 4.98 Å². The van der Waals surface area contributed by atoms with Gasteiger partial charge in [-0.1, -0.05) is 36.0 Å². The third-order valence-electron chi connectivity index (χ3n) is 2.29. The van der Waals surface area contributed by atoms with Gasteiger partial charge < -0.3 is 10.5 Å². The summed E-state index contributed by atoms with van der Waals surface area (Å²) in [6.45, 7) is 0.391. The number of hydrogen-bond acceptors (Lipinski definition) is 3. The van der Waals surface area contributed by atoms with Crippen LogP contribution in [0.25, 0.3) is 0 Å². The smallest absolute Gasteiger partial charge is 0.148 e. The molecule has 1 heterocycles. The number of pyridine rings is 1. The number of nitrogens with zero attached hydrogens (tertiary/aromatic N) is 1. The first kappa shape index (κ1) is 12.8. The molecule has 0 unspecified atom stereocenters. The van der Waals surface area contributed by atoms with Crippen LogP contribution in [0.5, 0.6) is 5.75 Å². The third-order valence-corrected chi connectivity index (χ3v) is 2.72. The van der Waals surface area contributed by atoms with Crippen molar-refractivity contribution in [2.75, 3.05) is 0 Å². The van der Waals surface area contributed by atoms with E-state index in [2.05, 4.69) is 4.98 Å². The van der Waals surface area contributed by atoms with Crippen molar-refractivity contribution in [1.29, 1.82) is 0 Å². The lowest BCUT2D eigenvalue weighted by Crippen LogP contribution is -2.13. The lowest BCUT2D eigenvalue weighted by atomic mass is 10.2. The number of halogens is 1. The summed E-state index contributed by atoms with van der Waals surface area (Å²) in [6.07, 6.45) is 1.63. The molecule has 0 atom stereocenters. The molecule has 0 aliphatic carbocycles. The van der Waals surface area contributed by atoms with E-state index in [1.807, 2.05) is 24.3 Å². The van der Waals surface area contributed by atoms with Crippen LogP contribution >= 0.6 is 23.8 Å². The molecule has 0 aliphatic rings. The Balaban J connectivity index is 2.13. The Morgan fingerprint density at radius 1 is 1.33 bits per heavy atom. The predicted octanol–water partition coefficient (Wildman–Crippen LogP) is 2.95. The van der Waals surface area contributed by atoms with Crippen LogP contribution in [-0.2, 0) is 6.61 Å². The molecule has 2 rings (SSSR count). The van der Waals surface area contributed by atoms with Gasteiger partial charge >= 0.3 is 0 Å². The molecule has 0 saturated carbocycles. The van der Waals surface area contributed by atoms with Gasteiger partial charge in [0.1, 0.15) is 23.0 Å². The third kappa shape index (κ3) is 3.18. The molecule has 0 aliphatic heterocycles. The number of aromatic nitrogens is 1. The van der Waals surface area contributed by atoms with Crippen LogP contribution in [0.1, 0.15) is 11.3 Å². The van der Waals surface area contributed by atoms with E-state index in [4.69, 9.17) is 34.3 Å². The van der Waals surface area contributed by atoms with Crippen LogP contribution in [0.3, 0.4) is 0 Å². The predicted molar refractivity (Wildman–Crippen MR) is 75.9 cm³/mol. The molecule has 2 aromatic rings. The average molecular weight is 279 g/mol. The Morgan fingerprint density at radius 2 is 2.17 bits per heavy atom. The molecule has 18 heavy (non-hydrogen) atoms. The summed E-state index contributed by atoms with van der Waals surface area (Å²) < 4.78 is 5.65. The fourth-order valence-corrected chi connectivity index (χ4v) is 1.85. The number of ether oxygens (including phenoxy) is 1. The van der Waals surface area contributed by atoms with Gasteiger partial charge in [0, 0.05) is 11.2 Å². The van der Waals surface area contributed by atoms with E-state index in [1.165, 1.54) is 0 Å². The summed E-state index contributed by atoms with van der Waals surface area (Å²) in [5.74, 6) is 0.574. The van der Waals surface area contributed by atoms with Crippen LogP contribution < -0.4 is 10.5 Å². The molecule has 0 spiro atoms. The summed E-state index contributed by atoms with van der Waals surface area (Å²) in [7, 11) is 0. The highest BCUT2D eigenvalue weighted by Crippen LogP contribution is 2.18. The van der Waals surface area contributed by atoms with Crippen LogP contribution in [0, 0.1) is 0 Å². The van der Waals surface area contributed by atoms with Gasteiger partial charge in [0.05, 0.1) is 0 Å². The monoisotopic (exact) mass is 278 g/mol. The maximum atomic E-state index is 5.90. The van der Waals surface area contributed by atoms with E-state index in [0.717, 1.165) is 5.56 Å². The quantitative estimate of drug-likeness (QED) is 0.874. The molecule has 0 radical (unpaired) electrons. The van der Waals surface area contributed by atoms with Gasteiger partial charge in [0.25, 0.3) is 0 Å². The summed E-state index contributed by atoms with van der Waals surface area (Å²) in [6, 6.07) is 11.0. The molecule has 3 nitrogen and oxygen atoms in total. The highest BCUT2D eigenvalue weighted by Gasteiger charge is 2.07. The molecule has 5 heteroatoms. The standard InChI is InChI=1S/C13H11ClN2OS/c14-10-4-1-3-9(7-10)8-17-11-5-2-6-16-12(11)13(15)18/h1-7H,8H2,(H2,15,18). The number of thiocarbonyl (C=S) groups is 1. The molecule has 0 saturated heterocycles. The van der Waals surface area contributed by atoms with Gasteiger partial charge in [-0.05, 0) is 29.8 Å². The van der Waals surface area contributed by atoms with E-state index in [-0.39, 0.29) is 4.99 Å². The zero-order chi connectivity index (χ0) is 13.0. The largest absolute Gasteiger partial charge is 0.487 e. The zero-order valence-electron chi connectivity index (χ0n) is 9.47. The van der Waals surface area contributed by atoms with Crippen LogP contribution in [0.15, 0.2) is 42.6 Å². The first-order valence-corrected chi connectivity index (χ1v) is 6.07. The van der Waals surface area contributed by atoms with Crippen molar-refractivity contribution in [3.05, 3.63) is 58.9 Å². The SMILES string of the molecule is NC(=S)c1ncccc1OCc1cccc(Cl)c1. The van der Waals surface area contributed by atoms with Crippen molar-refractivity contribution >= 4 is 28.8 Å². The highest BCUT2D eigenvalue weighted by molar-refractivity contribution is 7.80. The number of rotatable bonds is 4. The van der Waals surface area contributed by atoms with E-state index in [9.17, 15) is 0 Å². The molecular formula is C13H11ClN2OS. The van der Waals surface area contributed by atoms with Crippen molar-refractivity contribution in [1.82, 2.24) is 4.98 Å². The Morgan fingerprint density at radius 3 is 2.89 bits per heavy atom. The second kappa shape index (κ2) is 5.80. The van der Waals surface area contributed by atoms with E-state index in [1.54, 1.807) is 18.3 Å². The summed E-state index contributed by atoms with van der Waals surface area (Å²) in [4.78, 5) is 4.31. The number of nitrogens with two attached hydrogens (primary N) is 1. The molecule has 1 aromatic carbocycles. The van der Waals surface area contributed by atoms with E-state index >= 15 is 0 Å². The number of benzene rings is 1. The minimum atomic E-state index is 0.219. The maximum absolute atomic E-state index is 5.90. The van der Waals surface area contributed by atoms with E-state index in [0.29, 0.717) is 23.1 Å². The topological polar surface area (TPSA) is 48.1 Å². The van der Waals surface area contributed by atoms with Gasteiger partial charge in [-0.15, -0.1) is 0 Å². The molecular weight excluding hydrogens is 268 g/mol. The zero-order valence-corrected chi connectivity index (χ0v) is 11.0. The van der Waals surface area contributed by atoms with E-state index < -0.39 is 0 Å². The second-order valence-corrected chi connectivity index (χ2v) is 4.51.